The van der Waals surface area contributed by atoms with E-state index < -0.39 is 17.7 Å². The Labute approximate surface area is 98.2 Å². The van der Waals surface area contributed by atoms with Crippen LogP contribution in [0.25, 0.3) is 0 Å². The second-order valence-corrected chi connectivity index (χ2v) is 2.92. The minimum absolute atomic E-state index is 0.446. The molecule has 6 heteroatoms. The van der Waals surface area contributed by atoms with Crippen LogP contribution < -0.4 is 5.43 Å². The molecular formula is C11H12N2O4. The molecule has 1 aromatic carbocycles. The Bertz CT molecular complexity index is 410. The number of nitrogens with zero attached hydrogens (tertiary/aromatic N) is 1. The number of methoxy groups -OCH3 is 2. The third-order valence-corrected chi connectivity index (χ3v) is 1.83. The van der Waals surface area contributed by atoms with Crippen LogP contribution >= 0.6 is 0 Å². The maximum absolute atomic E-state index is 11.2. The molecule has 1 N–H and O–H groups in total. The zero-order valence-electron chi connectivity index (χ0n) is 9.47. The van der Waals surface area contributed by atoms with Crippen LogP contribution in [-0.4, -0.2) is 31.9 Å². The molecule has 0 aliphatic carbocycles. The lowest BCUT2D eigenvalue weighted by molar-refractivity contribution is -0.138. The zero-order chi connectivity index (χ0) is 12.7. The highest BCUT2D eigenvalue weighted by Gasteiger charge is 2.22. The van der Waals surface area contributed by atoms with Crippen LogP contribution in [0.15, 0.2) is 35.4 Å². The SMILES string of the molecule is COC(=O)C(=NNc1ccccc1)C(=O)OC. The monoisotopic (exact) mass is 236 g/mol. The van der Waals surface area contributed by atoms with E-state index in [1.807, 2.05) is 6.07 Å². The van der Waals surface area contributed by atoms with Gasteiger partial charge in [-0.2, -0.15) is 5.10 Å². The van der Waals surface area contributed by atoms with E-state index >= 15 is 0 Å². The molecule has 0 aliphatic heterocycles. The van der Waals surface area contributed by atoms with E-state index in [2.05, 4.69) is 20.0 Å². The molecule has 0 saturated carbocycles. The number of hydrazone groups is 1. The van der Waals surface area contributed by atoms with Crippen LogP contribution in [0.3, 0.4) is 0 Å². The van der Waals surface area contributed by atoms with E-state index in [1.165, 1.54) is 0 Å². The predicted molar refractivity (Wildman–Crippen MR) is 61.5 cm³/mol. The fraction of sp³-hybridized carbons (Fsp3) is 0.182. The van der Waals surface area contributed by atoms with Gasteiger partial charge in [-0.3, -0.25) is 5.43 Å². The molecule has 1 rings (SSSR count). The molecule has 0 radical (unpaired) electrons. The van der Waals surface area contributed by atoms with Crippen LogP contribution in [0.2, 0.25) is 0 Å². The number of carbonyl (C=O) groups is 2. The molecule has 0 spiro atoms. The van der Waals surface area contributed by atoms with Gasteiger partial charge < -0.3 is 9.47 Å². The first-order valence-corrected chi connectivity index (χ1v) is 4.74. The number of benzene rings is 1. The molecule has 0 unspecified atom stereocenters. The highest BCUT2D eigenvalue weighted by atomic mass is 16.5. The summed E-state index contributed by atoms with van der Waals surface area (Å²) in [5.74, 6) is -1.72. The number of para-hydroxylation sites is 1. The van der Waals surface area contributed by atoms with Crippen molar-refractivity contribution < 1.29 is 19.1 Å². The van der Waals surface area contributed by atoms with Gasteiger partial charge in [0, 0.05) is 0 Å². The number of nitrogens with one attached hydrogen (secondary N) is 1. The number of anilines is 1. The van der Waals surface area contributed by atoms with Crippen LogP contribution in [0, 0.1) is 0 Å². The van der Waals surface area contributed by atoms with Crippen molar-refractivity contribution in [3.8, 4) is 0 Å². The van der Waals surface area contributed by atoms with E-state index in [9.17, 15) is 9.59 Å². The van der Waals surface area contributed by atoms with Gasteiger partial charge in [-0.25, -0.2) is 9.59 Å². The van der Waals surface area contributed by atoms with Crippen molar-refractivity contribution in [1.29, 1.82) is 0 Å². The minimum atomic E-state index is -0.861. The van der Waals surface area contributed by atoms with Gasteiger partial charge in [0.2, 0.25) is 0 Å². The average Bonchev–Trinajstić information content (AvgIpc) is 2.39. The average molecular weight is 236 g/mol. The maximum atomic E-state index is 11.2. The summed E-state index contributed by atoms with van der Waals surface area (Å²) in [5.41, 5.74) is 2.75. The molecule has 0 amide bonds. The lowest BCUT2D eigenvalue weighted by atomic mass is 10.3. The quantitative estimate of drug-likeness (QED) is 0.362. The van der Waals surface area contributed by atoms with Gasteiger partial charge in [0.15, 0.2) is 0 Å². The zero-order valence-corrected chi connectivity index (χ0v) is 9.47. The van der Waals surface area contributed by atoms with Crippen molar-refractivity contribution in [1.82, 2.24) is 0 Å². The van der Waals surface area contributed by atoms with Crippen molar-refractivity contribution in [2.24, 2.45) is 5.10 Å². The Morgan fingerprint density at radius 3 is 2.06 bits per heavy atom. The van der Waals surface area contributed by atoms with E-state index in [1.54, 1.807) is 24.3 Å². The van der Waals surface area contributed by atoms with E-state index in [0.717, 1.165) is 14.2 Å². The molecule has 1 aromatic rings. The summed E-state index contributed by atoms with van der Waals surface area (Å²) >= 11 is 0. The predicted octanol–water partition coefficient (Wildman–Crippen LogP) is 0.800. The van der Waals surface area contributed by atoms with E-state index in [0.29, 0.717) is 5.69 Å². The number of rotatable bonds is 4. The lowest BCUT2D eigenvalue weighted by Crippen LogP contribution is -2.27. The molecule has 0 heterocycles. The van der Waals surface area contributed by atoms with Crippen molar-refractivity contribution in [2.45, 2.75) is 0 Å². The topological polar surface area (TPSA) is 77.0 Å². The molecule has 0 saturated heterocycles. The number of hydrogen-bond donors (Lipinski definition) is 1. The summed E-state index contributed by atoms with van der Waals surface area (Å²) in [6.07, 6.45) is 0. The van der Waals surface area contributed by atoms with Crippen LogP contribution in [-0.2, 0) is 19.1 Å². The van der Waals surface area contributed by atoms with Gasteiger partial charge in [0.1, 0.15) is 0 Å². The Morgan fingerprint density at radius 1 is 1.06 bits per heavy atom. The summed E-state index contributed by atoms with van der Waals surface area (Å²) in [6.45, 7) is 0. The molecule has 6 nitrogen and oxygen atoms in total. The Hall–Kier alpha value is -2.37. The lowest BCUT2D eigenvalue weighted by Gasteiger charge is -2.03. The molecular weight excluding hydrogens is 224 g/mol. The second kappa shape index (κ2) is 6.26. The summed E-state index contributed by atoms with van der Waals surface area (Å²) in [5, 5.41) is 3.65. The van der Waals surface area contributed by atoms with E-state index in [4.69, 9.17) is 0 Å². The Kier molecular flexibility index (Phi) is 4.68. The van der Waals surface area contributed by atoms with Gasteiger partial charge >= 0.3 is 11.9 Å². The van der Waals surface area contributed by atoms with E-state index in [-0.39, 0.29) is 0 Å². The summed E-state index contributed by atoms with van der Waals surface area (Å²) in [6, 6.07) is 8.86. The van der Waals surface area contributed by atoms with Crippen LogP contribution in [0.5, 0.6) is 0 Å². The van der Waals surface area contributed by atoms with Gasteiger partial charge in [-0.15, -0.1) is 0 Å². The summed E-state index contributed by atoms with van der Waals surface area (Å²) in [7, 11) is 2.31. The fourth-order valence-corrected chi connectivity index (χ4v) is 1.00. The fourth-order valence-electron chi connectivity index (χ4n) is 1.00. The second-order valence-electron chi connectivity index (χ2n) is 2.92. The van der Waals surface area contributed by atoms with Gasteiger partial charge in [-0.05, 0) is 12.1 Å². The first-order chi connectivity index (χ1) is 8.19. The molecule has 0 aromatic heterocycles. The molecule has 0 aliphatic rings. The Balaban J connectivity index is 2.84. The first-order valence-electron chi connectivity index (χ1n) is 4.74. The highest BCUT2D eigenvalue weighted by Crippen LogP contribution is 2.04. The summed E-state index contributed by atoms with van der Waals surface area (Å²) in [4.78, 5) is 22.5. The van der Waals surface area contributed by atoms with Gasteiger partial charge in [0.05, 0.1) is 19.9 Å². The van der Waals surface area contributed by atoms with Crippen molar-refractivity contribution in [2.75, 3.05) is 19.6 Å². The molecule has 0 fully saturated rings. The molecule has 17 heavy (non-hydrogen) atoms. The third-order valence-electron chi connectivity index (χ3n) is 1.83. The van der Waals surface area contributed by atoms with Crippen molar-refractivity contribution >= 4 is 23.3 Å². The number of carbonyl (C=O) groups excluding carboxylic acids is 2. The third kappa shape index (κ3) is 3.60. The number of hydrogen-bond acceptors (Lipinski definition) is 6. The maximum Gasteiger partial charge on any atom is 0.366 e. The Morgan fingerprint density at radius 2 is 1.59 bits per heavy atom. The largest absolute Gasteiger partial charge is 0.464 e. The smallest absolute Gasteiger partial charge is 0.366 e. The standard InChI is InChI=1S/C11H12N2O4/c1-16-10(14)9(11(15)17-2)13-12-8-6-4-3-5-7-8/h3-7,12H,1-2H3. The molecule has 0 atom stereocenters. The minimum Gasteiger partial charge on any atom is -0.464 e. The highest BCUT2D eigenvalue weighted by molar-refractivity contribution is 6.62. The molecule has 0 bridgehead atoms. The number of ether oxygens (including phenoxy) is 2. The summed E-state index contributed by atoms with van der Waals surface area (Å²) < 4.78 is 8.83. The van der Waals surface area contributed by atoms with Crippen LogP contribution in [0.1, 0.15) is 0 Å². The molecule has 90 valence electrons. The van der Waals surface area contributed by atoms with Gasteiger partial charge in [0.25, 0.3) is 5.71 Å². The normalized spacial score (nSPS) is 9.06. The van der Waals surface area contributed by atoms with Gasteiger partial charge in [-0.1, -0.05) is 18.2 Å². The van der Waals surface area contributed by atoms with Crippen molar-refractivity contribution in [3.63, 3.8) is 0 Å². The number of esters is 2. The van der Waals surface area contributed by atoms with Crippen molar-refractivity contribution in [3.05, 3.63) is 30.3 Å². The van der Waals surface area contributed by atoms with Crippen LogP contribution in [0.4, 0.5) is 5.69 Å². The first kappa shape index (κ1) is 12.7.